The Balaban J connectivity index is 2.15. The molecule has 0 radical (unpaired) electrons. The first-order valence-corrected chi connectivity index (χ1v) is 6.22. The summed E-state index contributed by atoms with van der Waals surface area (Å²) >= 11 is 5.86. The molecule has 2 atom stereocenters. The zero-order valence-corrected chi connectivity index (χ0v) is 10.3. The van der Waals surface area contributed by atoms with E-state index in [0.717, 1.165) is 17.5 Å². The zero-order chi connectivity index (χ0) is 12.0. The van der Waals surface area contributed by atoms with E-state index < -0.39 is 0 Å². The van der Waals surface area contributed by atoms with Crippen molar-refractivity contribution in [1.29, 1.82) is 0 Å². The van der Waals surface area contributed by atoms with E-state index in [1.165, 1.54) is 7.11 Å². The van der Waals surface area contributed by atoms with E-state index in [2.05, 4.69) is 0 Å². The van der Waals surface area contributed by atoms with E-state index in [4.69, 9.17) is 21.1 Å². The third kappa shape index (κ3) is 1.61. The van der Waals surface area contributed by atoms with Crippen LogP contribution in [0.25, 0.3) is 0 Å². The standard InChI is InChI=1S/C13H13ClO3/c1-16-13(15)11-7(5-14)2-3-9-10-4-8(10)6-17-12(9)11/h2-3,8,10H,4-6H2,1H3/t8-,10-/m1/s1. The zero-order valence-electron chi connectivity index (χ0n) is 9.53. The molecule has 3 rings (SSSR count). The molecule has 4 heteroatoms. The third-order valence-electron chi connectivity index (χ3n) is 3.57. The number of hydrogen-bond donors (Lipinski definition) is 0. The second-order valence-electron chi connectivity index (χ2n) is 4.56. The van der Waals surface area contributed by atoms with Crippen molar-refractivity contribution in [2.75, 3.05) is 13.7 Å². The molecule has 0 saturated heterocycles. The molecule has 2 aliphatic rings. The molecule has 1 heterocycles. The molecule has 1 aromatic rings. The van der Waals surface area contributed by atoms with Gasteiger partial charge in [0.05, 0.1) is 13.7 Å². The Morgan fingerprint density at radius 2 is 2.41 bits per heavy atom. The lowest BCUT2D eigenvalue weighted by atomic mass is 9.98. The summed E-state index contributed by atoms with van der Waals surface area (Å²) in [5.41, 5.74) is 2.41. The van der Waals surface area contributed by atoms with Crippen molar-refractivity contribution < 1.29 is 14.3 Å². The number of benzene rings is 1. The number of fused-ring (bicyclic) bond motifs is 3. The Hall–Kier alpha value is -1.22. The van der Waals surface area contributed by atoms with Crippen LogP contribution in [0.4, 0.5) is 0 Å². The highest BCUT2D eigenvalue weighted by Crippen LogP contribution is 2.54. The normalized spacial score (nSPS) is 24.4. The molecule has 0 spiro atoms. The van der Waals surface area contributed by atoms with Gasteiger partial charge in [-0.25, -0.2) is 4.79 Å². The highest BCUT2D eigenvalue weighted by Gasteiger charge is 2.45. The van der Waals surface area contributed by atoms with Crippen LogP contribution in [-0.2, 0) is 10.6 Å². The van der Waals surface area contributed by atoms with Crippen molar-refractivity contribution in [2.45, 2.75) is 18.2 Å². The maximum absolute atomic E-state index is 11.8. The molecule has 1 aromatic carbocycles. The molecular weight excluding hydrogens is 240 g/mol. The average Bonchev–Trinajstić information content (AvgIpc) is 3.15. The van der Waals surface area contributed by atoms with Gasteiger partial charge in [0.15, 0.2) is 0 Å². The molecule has 1 aliphatic carbocycles. The molecule has 90 valence electrons. The maximum atomic E-state index is 11.8. The Bertz CT molecular complexity index is 484. The number of hydrogen-bond acceptors (Lipinski definition) is 3. The summed E-state index contributed by atoms with van der Waals surface area (Å²) < 4.78 is 10.5. The Morgan fingerprint density at radius 3 is 3.12 bits per heavy atom. The van der Waals surface area contributed by atoms with E-state index in [0.29, 0.717) is 29.8 Å². The topological polar surface area (TPSA) is 35.5 Å². The van der Waals surface area contributed by atoms with Crippen LogP contribution >= 0.6 is 11.6 Å². The average molecular weight is 253 g/mol. The van der Waals surface area contributed by atoms with Gasteiger partial charge in [-0.1, -0.05) is 12.1 Å². The predicted molar refractivity (Wildman–Crippen MR) is 63.7 cm³/mol. The minimum absolute atomic E-state index is 0.287. The monoisotopic (exact) mass is 252 g/mol. The summed E-state index contributed by atoms with van der Waals surface area (Å²) in [5.74, 6) is 1.81. The fourth-order valence-corrected chi connectivity index (χ4v) is 2.75. The summed E-state index contributed by atoms with van der Waals surface area (Å²) in [6, 6.07) is 3.94. The number of ether oxygens (including phenoxy) is 2. The Labute approximate surface area is 105 Å². The maximum Gasteiger partial charge on any atom is 0.341 e. The first-order valence-electron chi connectivity index (χ1n) is 5.69. The van der Waals surface area contributed by atoms with Gasteiger partial charge in [0.1, 0.15) is 11.3 Å². The van der Waals surface area contributed by atoms with Gasteiger partial charge < -0.3 is 9.47 Å². The second kappa shape index (κ2) is 3.91. The SMILES string of the molecule is COC(=O)c1c(CCl)ccc2c1OC[C@H]1C[C@@H]21. The minimum atomic E-state index is -0.364. The molecular formula is C13H13ClO3. The van der Waals surface area contributed by atoms with Crippen LogP contribution in [0.1, 0.15) is 33.8 Å². The van der Waals surface area contributed by atoms with Crippen LogP contribution in [0.5, 0.6) is 5.75 Å². The smallest absolute Gasteiger partial charge is 0.341 e. The van der Waals surface area contributed by atoms with Crippen LogP contribution in [0.3, 0.4) is 0 Å². The van der Waals surface area contributed by atoms with Crippen LogP contribution in [0, 0.1) is 5.92 Å². The number of esters is 1. The number of carbonyl (C=O) groups excluding carboxylic acids is 1. The Kier molecular flexibility index (Phi) is 2.51. The lowest BCUT2D eigenvalue weighted by molar-refractivity contribution is 0.0594. The van der Waals surface area contributed by atoms with Gasteiger partial charge in [0.2, 0.25) is 0 Å². The highest BCUT2D eigenvalue weighted by atomic mass is 35.5. The number of methoxy groups -OCH3 is 1. The van der Waals surface area contributed by atoms with E-state index in [9.17, 15) is 4.79 Å². The molecule has 0 aromatic heterocycles. The number of carbonyl (C=O) groups is 1. The van der Waals surface area contributed by atoms with E-state index in [-0.39, 0.29) is 11.8 Å². The summed E-state index contributed by atoms with van der Waals surface area (Å²) in [7, 11) is 1.38. The molecule has 1 saturated carbocycles. The van der Waals surface area contributed by atoms with Crippen LogP contribution in [0.15, 0.2) is 12.1 Å². The minimum Gasteiger partial charge on any atom is -0.492 e. The van der Waals surface area contributed by atoms with Crippen molar-refractivity contribution in [1.82, 2.24) is 0 Å². The number of halogens is 1. The lowest BCUT2D eigenvalue weighted by Gasteiger charge is -2.20. The summed E-state index contributed by atoms with van der Waals surface area (Å²) in [5, 5.41) is 0. The van der Waals surface area contributed by atoms with Crippen molar-refractivity contribution in [3.8, 4) is 5.75 Å². The van der Waals surface area contributed by atoms with Crippen LogP contribution in [0.2, 0.25) is 0 Å². The van der Waals surface area contributed by atoms with E-state index in [1.54, 1.807) is 0 Å². The molecule has 0 bridgehead atoms. The molecule has 17 heavy (non-hydrogen) atoms. The van der Waals surface area contributed by atoms with Gasteiger partial charge in [-0.3, -0.25) is 0 Å². The van der Waals surface area contributed by atoms with Gasteiger partial charge in [0, 0.05) is 11.8 Å². The third-order valence-corrected chi connectivity index (χ3v) is 3.86. The summed E-state index contributed by atoms with van der Waals surface area (Å²) in [6.07, 6.45) is 1.16. The molecule has 0 unspecified atom stereocenters. The lowest BCUT2D eigenvalue weighted by Crippen LogP contribution is -2.15. The van der Waals surface area contributed by atoms with Crippen molar-refractivity contribution in [3.05, 3.63) is 28.8 Å². The van der Waals surface area contributed by atoms with E-state index >= 15 is 0 Å². The fourth-order valence-electron chi connectivity index (χ4n) is 2.53. The van der Waals surface area contributed by atoms with Crippen molar-refractivity contribution in [2.24, 2.45) is 5.92 Å². The van der Waals surface area contributed by atoms with Crippen molar-refractivity contribution in [3.63, 3.8) is 0 Å². The molecule has 0 N–H and O–H groups in total. The van der Waals surface area contributed by atoms with Gasteiger partial charge in [-0.05, 0) is 23.5 Å². The first kappa shape index (κ1) is 10.9. The molecule has 0 amide bonds. The molecule has 1 fully saturated rings. The van der Waals surface area contributed by atoms with E-state index in [1.807, 2.05) is 12.1 Å². The largest absolute Gasteiger partial charge is 0.492 e. The second-order valence-corrected chi connectivity index (χ2v) is 4.82. The van der Waals surface area contributed by atoms with Crippen LogP contribution < -0.4 is 4.74 Å². The summed E-state index contributed by atoms with van der Waals surface area (Å²) in [6.45, 7) is 0.702. The number of alkyl halides is 1. The molecule has 3 nitrogen and oxygen atoms in total. The van der Waals surface area contributed by atoms with Gasteiger partial charge in [0.25, 0.3) is 0 Å². The quantitative estimate of drug-likeness (QED) is 0.600. The highest BCUT2D eigenvalue weighted by molar-refractivity contribution is 6.17. The van der Waals surface area contributed by atoms with Crippen LogP contribution in [-0.4, -0.2) is 19.7 Å². The predicted octanol–water partition coefficient (Wildman–Crippen LogP) is 2.71. The fraction of sp³-hybridized carbons (Fsp3) is 0.462. The van der Waals surface area contributed by atoms with Gasteiger partial charge in [-0.2, -0.15) is 0 Å². The summed E-state index contributed by atoms with van der Waals surface area (Å²) in [4.78, 5) is 11.8. The Morgan fingerprint density at radius 1 is 1.59 bits per heavy atom. The van der Waals surface area contributed by atoms with Gasteiger partial charge >= 0.3 is 5.97 Å². The molecule has 1 aliphatic heterocycles. The first-order chi connectivity index (χ1) is 8.26. The van der Waals surface area contributed by atoms with Gasteiger partial charge in [-0.15, -0.1) is 11.6 Å². The number of rotatable bonds is 2. The van der Waals surface area contributed by atoms with Crippen molar-refractivity contribution >= 4 is 17.6 Å².